The topological polar surface area (TPSA) is 46.5 Å². The van der Waals surface area contributed by atoms with Crippen molar-refractivity contribution in [3.63, 3.8) is 0 Å². The molecule has 1 aliphatic rings. The number of allylic oxidation sites excluding steroid dienone is 1. The second-order valence-corrected chi connectivity index (χ2v) is 13.5. The zero-order chi connectivity index (χ0) is 34.6. The molecule has 6 aromatic carbocycles. The van der Waals surface area contributed by atoms with E-state index in [0.29, 0.717) is 5.56 Å². The Hall–Kier alpha value is -6.96. The molecule has 0 atom stereocenters. The molecule has 0 fully saturated rings. The van der Waals surface area contributed by atoms with E-state index in [9.17, 15) is 5.26 Å². The van der Waals surface area contributed by atoms with Crippen molar-refractivity contribution in [3.05, 3.63) is 181 Å². The van der Waals surface area contributed by atoms with Gasteiger partial charge in [-0.1, -0.05) is 103 Å². The fourth-order valence-corrected chi connectivity index (χ4v) is 8.10. The first kappa shape index (κ1) is 29.9. The lowest BCUT2D eigenvalue weighted by Gasteiger charge is -2.20. The van der Waals surface area contributed by atoms with E-state index < -0.39 is 0 Å². The quantitative estimate of drug-likeness (QED) is 0.184. The molecular formula is C48H32N4. The molecule has 10 rings (SSSR count). The zero-order valence-corrected chi connectivity index (χ0v) is 28.4. The summed E-state index contributed by atoms with van der Waals surface area (Å²) in [6.45, 7) is 0. The predicted octanol–water partition coefficient (Wildman–Crippen LogP) is 12.0. The molecule has 9 aromatic rings. The third-order valence-electron chi connectivity index (χ3n) is 10.4. The van der Waals surface area contributed by atoms with Crippen LogP contribution < -0.4 is 0 Å². The molecule has 1 aliphatic carbocycles. The normalized spacial score (nSPS) is 12.6. The van der Waals surface area contributed by atoms with Crippen LogP contribution in [0.4, 0.5) is 0 Å². The van der Waals surface area contributed by atoms with Gasteiger partial charge < -0.3 is 9.13 Å². The maximum absolute atomic E-state index is 9.77. The van der Waals surface area contributed by atoms with Gasteiger partial charge in [-0.3, -0.25) is 0 Å². The summed E-state index contributed by atoms with van der Waals surface area (Å²) in [6, 6.07) is 59.7. The minimum atomic E-state index is 0.639. The Morgan fingerprint density at radius 1 is 0.481 bits per heavy atom. The van der Waals surface area contributed by atoms with E-state index in [4.69, 9.17) is 4.98 Å². The highest BCUT2D eigenvalue weighted by molar-refractivity contribution is 6.11. The van der Waals surface area contributed by atoms with Crippen molar-refractivity contribution in [2.45, 2.75) is 12.8 Å². The molecule has 0 spiro atoms. The first-order chi connectivity index (χ1) is 25.7. The van der Waals surface area contributed by atoms with Crippen LogP contribution in [0.25, 0.3) is 83.8 Å². The van der Waals surface area contributed by atoms with E-state index in [1.807, 2.05) is 36.4 Å². The molecular weight excluding hydrogens is 633 g/mol. The number of pyridine rings is 1. The molecule has 52 heavy (non-hydrogen) atoms. The van der Waals surface area contributed by atoms with Gasteiger partial charge in [0.25, 0.3) is 0 Å². The van der Waals surface area contributed by atoms with Crippen molar-refractivity contribution < 1.29 is 0 Å². The van der Waals surface area contributed by atoms with E-state index in [1.165, 1.54) is 49.7 Å². The number of hydrogen-bond acceptors (Lipinski definition) is 2. The Bertz CT molecular complexity index is 2860. The third-order valence-corrected chi connectivity index (χ3v) is 10.4. The second-order valence-electron chi connectivity index (χ2n) is 13.5. The lowest BCUT2D eigenvalue weighted by molar-refractivity contribution is 0.873. The highest BCUT2D eigenvalue weighted by Gasteiger charge is 2.24. The van der Waals surface area contributed by atoms with Crippen molar-refractivity contribution in [3.8, 4) is 45.4 Å². The van der Waals surface area contributed by atoms with Gasteiger partial charge in [0, 0.05) is 49.9 Å². The molecule has 0 saturated heterocycles. The van der Waals surface area contributed by atoms with Gasteiger partial charge in [-0.15, -0.1) is 0 Å². The fourth-order valence-electron chi connectivity index (χ4n) is 8.10. The summed E-state index contributed by atoms with van der Waals surface area (Å²) in [6.07, 6.45) is 4.22. The van der Waals surface area contributed by atoms with Gasteiger partial charge in [-0.25, -0.2) is 4.98 Å². The smallest absolute Gasteiger partial charge is 0.0991 e. The molecule has 4 heteroatoms. The molecule has 3 aromatic heterocycles. The zero-order valence-electron chi connectivity index (χ0n) is 28.4. The van der Waals surface area contributed by atoms with Gasteiger partial charge in [0.05, 0.1) is 39.6 Å². The van der Waals surface area contributed by atoms with Crippen molar-refractivity contribution in [2.75, 3.05) is 0 Å². The number of rotatable bonds is 5. The number of nitrogens with zero attached hydrogens (tertiary/aromatic N) is 4. The van der Waals surface area contributed by atoms with Gasteiger partial charge >= 0.3 is 0 Å². The Balaban J connectivity index is 1.19. The molecule has 0 amide bonds. The van der Waals surface area contributed by atoms with Crippen molar-refractivity contribution in [2.24, 2.45) is 0 Å². The van der Waals surface area contributed by atoms with Crippen molar-refractivity contribution >= 4 is 44.5 Å². The summed E-state index contributed by atoms with van der Waals surface area (Å²) in [7, 11) is 0. The summed E-state index contributed by atoms with van der Waals surface area (Å²) in [5.74, 6) is 0. The SMILES string of the molecule is N#Cc1cccc(-c2cc(-c3cccc(-c4ccccc4)n3)cc(-n3c4c(c5ccccc53)C=C(n3c5ccccc5c5ccccc53)CC4)c2)c1. The molecule has 0 radical (unpaired) electrons. The molecule has 0 saturated carbocycles. The minimum Gasteiger partial charge on any atom is -0.313 e. The molecule has 4 nitrogen and oxygen atoms in total. The minimum absolute atomic E-state index is 0.639. The number of benzene rings is 6. The summed E-state index contributed by atoms with van der Waals surface area (Å²) < 4.78 is 4.91. The van der Waals surface area contributed by atoms with Crippen LogP contribution in [0, 0.1) is 11.3 Å². The summed E-state index contributed by atoms with van der Waals surface area (Å²) in [4.78, 5) is 5.17. The first-order valence-electron chi connectivity index (χ1n) is 17.7. The Labute approximate surface area is 301 Å². The third kappa shape index (κ3) is 4.87. The fraction of sp³-hybridized carbons (Fsp3) is 0.0417. The molecule has 0 unspecified atom stereocenters. The molecule has 0 bridgehead atoms. The van der Waals surface area contributed by atoms with Gasteiger partial charge in [-0.05, 0) is 90.7 Å². The van der Waals surface area contributed by atoms with E-state index in [0.717, 1.165) is 52.2 Å². The standard InChI is InChI=1S/C48H32N4/c49-31-32-12-10-15-34(26-32)35-27-36(44-20-11-19-43(50-44)33-13-2-1-3-14-33)29-38(28-35)52-47-23-9-6-18-41(47)42-30-37(24-25-48(42)52)51-45-21-7-4-16-39(45)40-17-5-8-22-46(40)51/h1-23,26-30H,24-25H2. The average molecular weight is 665 g/mol. The van der Waals surface area contributed by atoms with E-state index in [-0.39, 0.29) is 0 Å². The van der Waals surface area contributed by atoms with Gasteiger partial charge in [0.15, 0.2) is 0 Å². The first-order valence-corrected chi connectivity index (χ1v) is 17.7. The molecule has 0 aliphatic heterocycles. The monoisotopic (exact) mass is 664 g/mol. The Morgan fingerprint density at radius 3 is 1.81 bits per heavy atom. The molecule has 3 heterocycles. The van der Waals surface area contributed by atoms with Crippen molar-refractivity contribution in [1.82, 2.24) is 14.1 Å². The number of hydrogen-bond donors (Lipinski definition) is 0. The van der Waals surface area contributed by atoms with Crippen LogP contribution in [0.2, 0.25) is 0 Å². The number of para-hydroxylation sites is 3. The number of nitriles is 1. The largest absolute Gasteiger partial charge is 0.313 e. The number of aromatic nitrogens is 3. The maximum atomic E-state index is 9.77. The lowest BCUT2D eigenvalue weighted by Crippen LogP contribution is -2.08. The van der Waals surface area contributed by atoms with Gasteiger partial charge in [0.1, 0.15) is 0 Å². The Kier molecular flexibility index (Phi) is 6.97. The van der Waals surface area contributed by atoms with Crippen LogP contribution in [0.3, 0.4) is 0 Å². The highest BCUT2D eigenvalue weighted by atomic mass is 15.0. The summed E-state index contributed by atoms with van der Waals surface area (Å²) in [5.41, 5.74) is 15.2. The highest BCUT2D eigenvalue weighted by Crippen LogP contribution is 2.41. The van der Waals surface area contributed by atoms with Crippen LogP contribution in [-0.2, 0) is 6.42 Å². The maximum Gasteiger partial charge on any atom is 0.0991 e. The van der Waals surface area contributed by atoms with Crippen LogP contribution in [-0.4, -0.2) is 14.1 Å². The lowest BCUT2D eigenvalue weighted by atomic mass is 9.97. The average Bonchev–Trinajstić information content (AvgIpc) is 3.74. The van der Waals surface area contributed by atoms with Gasteiger partial charge in [-0.2, -0.15) is 5.26 Å². The summed E-state index contributed by atoms with van der Waals surface area (Å²) in [5, 5.41) is 13.6. The summed E-state index contributed by atoms with van der Waals surface area (Å²) >= 11 is 0. The predicted molar refractivity (Wildman–Crippen MR) is 214 cm³/mol. The molecule has 0 N–H and O–H groups in total. The van der Waals surface area contributed by atoms with E-state index >= 15 is 0 Å². The van der Waals surface area contributed by atoms with E-state index in [2.05, 4.69) is 149 Å². The number of fused-ring (bicyclic) bond motifs is 6. The molecule has 244 valence electrons. The van der Waals surface area contributed by atoms with E-state index in [1.54, 1.807) is 0 Å². The van der Waals surface area contributed by atoms with Crippen LogP contribution in [0.1, 0.15) is 23.2 Å². The second kappa shape index (κ2) is 12.1. The van der Waals surface area contributed by atoms with Crippen molar-refractivity contribution in [1.29, 1.82) is 5.26 Å². The van der Waals surface area contributed by atoms with Crippen LogP contribution >= 0.6 is 0 Å². The van der Waals surface area contributed by atoms with Crippen LogP contribution in [0.5, 0.6) is 0 Å². The Morgan fingerprint density at radius 2 is 1.08 bits per heavy atom. The van der Waals surface area contributed by atoms with Gasteiger partial charge in [0.2, 0.25) is 0 Å². The van der Waals surface area contributed by atoms with Crippen LogP contribution in [0.15, 0.2) is 164 Å².